The molecular weight excluding hydrogens is 312 g/mol. The van der Waals surface area contributed by atoms with Crippen molar-refractivity contribution in [2.75, 3.05) is 12.4 Å². The molecule has 2 N–H and O–H groups in total. The summed E-state index contributed by atoms with van der Waals surface area (Å²) in [5.74, 6) is 0.761. The summed E-state index contributed by atoms with van der Waals surface area (Å²) in [6.45, 7) is 0.408. The molecule has 4 aromatic rings. The van der Waals surface area contributed by atoms with Gasteiger partial charge in [-0.3, -0.25) is 0 Å². The Morgan fingerprint density at radius 1 is 1.04 bits per heavy atom. The van der Waals surface area contributed by atoms with Crippen molar-refractivity contribution in [2.24, 2.45) is 0 Å². The minimum absolute atomic E-state index is 0.170. The van der Waals surface area contributed by atoms with Gasteiger partial charge in [0.2, 0.25) is 0 Å². The van der Waals surface area contributed by atoms with Gasteiger partial charge in [-0.1, -0.05) is 48.5 Å². The van der Waals surface area contributed by atoms with Crippen LogP contribution in [0.5, 0.6) is 0 Å². The topological polar surface area (TPSA) is 61.0 Å². The number of urea groups is 1. The summed E-state index contributed by atoms with van der Waals surface area (Å²) in [6.07, 6.45) is 0. The number of rotatable bonds is 3. The Morgan fingerprint density at radius 3 is 2.68 bits per heavy atom. The van der Waals surface area contributed by atoms with E-state index in [2.05, 4.69) is 15.3 Å². The molecule has 3 aromatic carbocycles. The normalized spacial score (nSPS) is 10.9. The molecule has 0 atom stereocenters. The highest BCUT2D eigenvalue weighted by Gasteiger charge is 2.13. The van der Waals surface area contributed by atoms with E-state index in [0.29, 0.717) is 6.54 Å². The maximum atomic E-state index is 12.5. The van der Waals surface area contributed by atoms with Gasteiger partial charge < -0.3 is 15.2 Å². The number of benzene rings is 3. The van der Waals surface area contributed by atoms with E-state index in [1.54, 1.807) is 11.9 Å². The smallest absolute Gasteiger partial charge is 0.322 e. The van der Waals surface area contributed by atoms with Crippen molar-refractivity contribution in [3.05, 3.63) is 72.6 Å². The Morgan fingerprint density at radius 2 is 1.80 bits per heavy atom. The number of hydrogen-bond acceptors (Lipinski definition) is 2. The molecule has 124 valence electrons. The fourth-order valence-electron chi connectivity index (χ4n) is 2.92. The van der Waals surface area contributed by atoms with Crippen LogP contribution in [-0.2, 0) is 6.54 Å². The molecule has 1 aromatic heterocycles. The molecule has 0 saturated carbocycles. The Balaban J connectivity index is 1.52. The van der Waals surface area contributed by atoms with E-state index in [4.69, 9.17) is 0 Å². The first-order chi connectivity index (χ1) is 12.2. The zero-order valence-electron chi connectivity index (χ0n) is 13.9. The monoisotopic (exact) mass is 330 g/mol. The van der Waals surface area contributed by atoms with Gasteiger partial charge in [0.05, 0.1) is 23.3 Å². The number of H-pyrrole nitrogens is 1. The van der Waals surface area contributed by atoms with E-state index in [-0.39, 0.29) is 6.03 Å². The summed E-state index contributed by atoms with van der Waals surface area (Å²) in [5, 5.41) is 5.11. The summed E-state index contributed by atoms with van der Waals surface area (Å²) in [4.78, 5) is 21.9. The van der Waals surface area contributed by atoms with Crippen LogP contribution in [0.3, 0.4) is 0 Å². The van der Waals surface area contributed by atoms with Crippen molar-refractivity contribution < 1.29 is 4.79 Å². The lowest BCUT2D eigenvalue weighted by molar-refractivity contribution is 0.220. The van der Waals surface area contributed by atoms with Crippen LogP contribution in [0.25, 0.3) is 21.8 Å². The molecule has 4 rings (SSSR count). The zero-order chi connectivity index (χ0) is 17.2. The molecule has 0 unspecified atom stereocenters. The summed E-state index contributed by atoms with van der Waals surface area (Å²) in [7, 11) is 1.76. The van der Waals surface area contributed by atoms with Crippen LogP contribution >= 0.6 is 0 Å². The fraction of sp³-hybridized carbons (Fsp3) is 0.100. The number of anilines is 1. The third-order valence-corrected chi connectivity index (χ3v) is 4.20. The first-order valence-corrected chi connectivity index (χ1v) is 8.14. The van der Waals surface area contributed by atoms with Gasteiger partial charge in [-0.15, -0.1) is 0 Å². The molecule has 0 aliphatic carbocycles. The molecule has 0 spiro atoms. The average Bonchev–Trinajstić information content (AvgIpc) is 3.04. The first kappa shape index (κ1) is 15.2. The molecule has 5 heteroatoms. The lowest BCUT2D eigenvalue weighted by atomic mass is 10.1. The number of para-hydroxylation sites is 2. The zero-order valence-corrected chi connectivity index (χ0v) is 13.9. The van der Waals surface area contributed by atoms with Crippen LogP contribution in [0, 0.1) is 0 Å². The van der Waals surface area contributed by atoms with Crippen molar-refractivity contribution in [3.8, 4) is 0 Å². The summed E-state index contributed by atoms with van der Waals surface area (Å²) < 4.78 is 0. The van der Waals surface area contributed by atoms with Crippen molar-refractivity contribution in [1.82, 2.24) is 14.9 Å². The number of carbonyl (C=O) groups is 1. The quantitative estimate of drug-likeness (QED) is 0.585. The molecule has 5 nitrogen and oxygen atoms in total. The van der Waals surface area contributed by atoms with Crippen LogP contribution in [0.15, 0.2) is 66.7 Å². The fourth-order valence-corrected chi connectivity index (χ4v) is 2.92. The summed E-state index contributed by atoms with van der Waals surface area (Å²) in [6, 6.07) is 21.5. The third-order valence-electron chi connectivity index (χ3n) is 4.20. The highest BCUT2D eigenvalue weighted by atomic mass is 16.2. The van der Waals surface area contributed by atoms with E-state index in [0.717, 1.165) is 33.3 Å². The predicted molar refractivity (Wildman–Crippen MR) is 101 cm³/mol. The number of fused-ring (bicyclic) bond motifs is 2. The average molecular weight is 330 g/mol. The number of imidazole rings is 1. The van der Waals surface area contributed by atoms with Gasteiger partial charge >= 0.3 is 6.03 Å². The van der Waals surface area contributed by atoms with Crippen LogP contribution in [-0.4, -0.2) is 27.9 Å². The second kappa shape index (κ2) is 6.28. The van der Waals surface area contributed by atoms with Gasteiger partial charge in [-0.25, -0.2) is 9.78 Å². The number of carbonyl (C=O) groups excluding carboxylic acids is 1. The van der Waals surface area contributed by atoms with Gasteiger partial charge in [-0.2, -0.15) is 0 Å². The molecule has 1 heterocycles. The SMILES string of the molecule is CN(Cc1nc2ccccc2[nH]1)C(=O)Nc1cccc2ccccc12. The molecular formula is C20H18N4O. The second-order valence-electron chi connectivity index (χ2n) is 6.01. The Hall–Kier alpha value is -3.34. The van der Waals surface area contributed by atoms with E-state index in [1.807, 2.05) is 66.7 Å². The molecule has 2 amide bonds. The van der Waals surface area contributed by atoms with Crippen molar-refractivity contribution in [3.63, 3.8) is 0 Å². The van der Waals surface area contributed by atoms with E-state index in [9.17, 15) is 4.79 Å². The first-order valence-electron chi connectivity index (χ1n) is 8.14. The molecule has 0 saturated heterocycles. The van der Waals surface area contributed by atoms with Gasteiger partial charge in [-0.05, 0) is 23.6 Å². The highest BCUT2D eigenvalue weighted by molar-refractivity contribution is 6.01. The van der Waals surface area contributed by atoms with E-state index >= 15 is 0 Å². The molecule has 0 bridgehead atoms. The standard InChI is InChI=1S/C20H18N4O/c1-24(13-19-21-17-10-4-5-11-18(17)22-19)20(25)23-16-12-6-8-14-7-2-3-9-15(14)16/h2-12H,13H2,1H3,(H,21,22)(H,23,25). The number of amides is 2. The molecule has 0 aliphatic rings. The summed E-state index contributed by atoms with van der Waals surface area (Å²) in [5.41, 5.74) is 2.68. The number of nitrogens with zero attached hydrogens (tertiary/aromatic N) is 2. The number of aromatic nitrogens is 2. The van der Waals surface area contributed by atoms with Gasteiger partial charge in [0.25, 0.3) is 0 Å². The van der Waals surface area contributed by atoms with Crippen LogP contribution in [0.4, 0.5) is 10.5 Å². The molecule has 0 fully saturated rings. The summed E-state index contributed by atoms with van der Waals surface area (Å²) >= 11 is 0. The highest BCUT2D eigenvalue weighted by Crippen LogP contribution is 2.23. The molecule has 0 aliphatic heterocycles. The van der Waals surface area contributed by atoms with E-state index < -0.39 is 0 Å². The van der Waals surface area contributed by atoms with Gasteiger partial charge in [0.15, 0.2) is 0 Å². The predicted octanol–water partition coefficient (Wildman–Crippen LogP) is 4.38. The maximum absolute atomic E-state index is 12.5. The van der Waals surface area contributed by atoms with Crippen molar-refractivity contribution in [1.29, 1.82) is 0 Å². The van der Waals surface area contributed by atoms with Crippen molar-refractivity contribution in [2.45, 2.75) is 6.54 Å². The largest absolute Gasteiger partial charge is 0.340 e. The number of nitrogens with one attached hydrogen (secondary N) is 2. The minimum atomic E-state index is -0.170. The van der Waals surface area contributed by atoms with Crippen LogP contribution < -0.4 is 5.32 Å². The Kier molecular flexibility index (Phi) is 3.82. The van der Waals surface area contributed by atoms with Crippen molar-refractivity contribution >= 4 is 33.5 Å². The second-order valence-corrected chi connectivity index (χ2v) is 6.01. The van der Waals surface area contributed by atoms with Gasteiger partial charge in [0, 0.05) is 12.4 Å². The number of aromatic amines is 1. The maximum Gasteiger partial charge on any atom is 0.322 e. The lowest BCUT2D eigenvalue weighted by Gasteiger charge is -2.17. The lowest BCUT2D eigenvalue weighted by Crippen LogP contribution is -2.31. The number of hydrogen-bond donors (Lipinski definition) is 2. The van der Waals surface area contributed by atoms with Gasteiger partial charge in [0.1, 0.15) is 5.82 Å². The molecule has 0 radical (unpaired) electrons. The van der Waals surface area contributed by atoms with Crippen LogP contribution in [0.1, 0.15) is 5.82 Å². The van der Waals surface area contributed by atoms with E-state index in [1.165, 1.54) is 0 Å². The molecule has 25 heavy (non-hydrogen) atoms. The van der Waals surface area contributed by atoms with Crippen LogP contribution in [0.2, 0.25) is 0 Å². The minimum Gasteiger partial charge on any atom is -0.340 e. The third kappa shape index (κ3) is 3.04. The Labute approximate surface area is 145 Å². The Bertz CT molecular complexity index is 1020.